The fourth-order valence-corrected chi connectivity index (χ4v) is 1.17. The molecule has 2 nitrogen and oxygen atoms in total. The summed E-state index contributed by atoms with van der Waals surface area (Å²) in [6, 6.07) is 6.65. The molecule has 0 aliphatic rings. The third kappa shape index (κ3) is 2.44. The maximum Gasteiger partial charge on any atom is 0.127 e. The average molecular weight is 176 g/mol. The lowest BCUT2D eigenvalue weighted by Gasteiger charge is -2.07. The second-order valence-electron chi connectivity index (χ2n) is 2.86. The Morgan fingerprint density at radius 2 is 2.00 bits per heavy atom. The Kier molecular flexibility index (Phi) is 3.26. The highest BCUT2D eigenvalue weighted by Crippen LogP contribution is 2.20. The molecule has 0 heterocycles. The number of aldehydes is 1. The molecule has 68 valence electrons. The largest absolute Gasteiger partial charge is 0.508 e. The van der Waals surface area contributed by atoms with E-state index in [4.69, 9.17) is 5.11 Å². The van der Waals surface area contributed by atoms with Gasteiger partial charge in [-0.05, 0) is 24.1 Å². The summed E-state index contributed by atoms with van der Waals surface area (Å²) in [6.07, 6.45) is 3.24. The second-order valence-corrected chi connectivity index (χ2v) is 2.86. The van der Waals surface area contributed by atoms with Gasteiger partial charge in [-0.25, -0.2) is 0 Å². The Hall–Kier alpha value is -1.57. The lowest BCUT2D eigenvalue weighted by atomic mass is 9.97. The van der Waals surface area contributed by atoms with Crippen LogP contribution in [0.1, 0.15) is 17.9 Å². The van der Waals surface area contributed by atoms with E-state index in [1.54, 1.807) is 30.3 Å². The number of hydrogen-bond acceptors (Lipinski definition) is 2. The maximum absolute atomic E-state index is 10.7. The Labute approximate surface area is 77.5 Å². The predicted octanol–water partition coefficient (Wildman–Crippen LogP) is 2.25. The Balaban J connectivity index is 2.84. The van der Waals surface area contributed by atoms with Crippen LogP contribution < -0.4 is 0 Å². The quantitative estimate of drug-likeness (QED) is 0.564. The van der Waals surface area contributed by atoms with E-state index in [9.17, 15) is 4.79 Å². The van der Waals surface area contributed by atoms with Crippen LogP contribution in [0.15, 0.2) is 36.9 Å². The molecule has 0 radical (unpaired) electrons. The van der Waals surface area contributed by atoms with Crippen molar-refractivity contribution in [2.45, 2.75) is 12.3 Å². The molecule has 0 saturated heterocycles. The van der Waals surface area contributed by atoms with Gasteiger partial charge >= 0.3 is 0 Å². The molecule has 1 aromatic rings. The van der Waals surface area contributed by atoms with Gasteiger partial charge in [0.2, 0.25) is 0 Å². The molecule has 1 rings (SSSR count). The highest BCUT2D eigenvalue weighted by molar-refractivity contribution is 5.62. The van der Waals surface area contributed by atoms with Crippen molar-refractivity contribution in [3.05, 3.63) is 42.5 Å². The van der Waals surface area contributed by atoms with Crippen molar-refractivity contribution in [2.24, 2.45) is 0 Å². The third-order valence-electron chi connectivity index (χ3n) is 1.91. The summed E-state index contributed by atoms with van der Waals surface area (Å²) in [5.74, 6) is 0.0742. The van der Waals surface area contributed by atoms with Crippen molar-refractivity contribution < 1.29 is 9.90 Å². The SMILES string of the molecule is C=CCC(C=O)c1ccc(O)cc1. The monoisotopic (exact) mass is 176 g/mol. The zero-order valence-corrected chi connectivity index (χ0v) is 7.31. The van der Waals surface area contributed by atoms with Gasteiger partial charge in [0.1, 0.15) is 12.0 Å². The highest BCUT2D eigenvalue weighted by atomic mass is 16.3. The number of carbonyl (C=O) groups excluding carboxylic acids is 1. The maximum atomic E-state index is 10.7. The number of allylic oxidation sites excluding steroid dienone is 1. The van der Waals surface area contributed by atoms with E-state index < -0.39 is 0 Å². The fourth-order valence-electron chi connectivity index (χ4n) is 1.17. The summed E-state index contributed by atoms with van der Waals surface area (Å²) in [5, 5.41) is 9.03. The molecule has 0 bridgehead atoms. The predicted molar refractivity (Wildman–Crippen MR) is 51.7 cm³/mol. The van der Waals surface area contributed by atoms with Crippen molar-refractivity contribution >= 4 is 6.29 Å². The van der Waals surface area contributed by atoms with E-state index in [1.165, 1.54) is 0 Å². The van der Waals surface area contributed by atoms with Crippen LogP contribution in [0, 0.1) is 0 Å². The molecule has 1 unspecified atom stereocenters. The van der Waals surface area contributed by atoms with Crippen LogP contribution in [-0.2, 0) is 4.79 Å². The number of phenolic OH excluding ortho intramolecular Hbond substituents is 1. The van der Waals surface area contributed by atoms with E-state index in [0.29, 0.717) is 6.42 Å². The van der Waals surface area contributed by atoms with Gasteiger partial charge in [0.15, 0.2) is 0 Å². The molecule has 0 fully saturated rings. The molecule has 0 aliphatic carbocycles. The second kappa shape index (κ2) is 4.45. The van der Waals surface area contributed by atoms with Crippen LogP contribution in [-0.4, -0.2) is 11.4 Å². The van der Waals surface area contributed by atoms with E-state index in [-0.39, 0.29) is 11.7 Å². The van der Waals surface area contributed by atoms with E-state index in [2.05, 4.69) is 6.58 Å². The van der Waals surface area contributed by atoms with Crippen molar-refractivity contribution in [3.63, 3.8) is 0 Å². The number of aromatic hydroxyl groups is 1. The summed E-state index contributed by atoms with van der Waals surface area (Å²) in [4.78, 5) is 10.7. The van der Waals surface area contributed by atoms with Gasteiger partial charge in [0.25, 0.3) is 0 Å². The standard InChI is InChI=1S/C11H12O2/c1-2-3-10(8-12)9-4-6-11(13)7-5-9/h2,4-8,10,13H,1,3H2. The van der Waals surface area contributed by atoms with Crippen LogP contribution in [0.25, 0.3) is 0 Å². The molecule has 0 spiro atoms. The normalized spacial score (nSPS) is 12.0. The van der Waals surface area contributed by atoms with E-state index in [0.717, 1.165) is 11.8 Å². The minimum Gasteiger partial charge on any atom is -0.508 e. The Morgan fingerprint density at radius 1 is 1.38 bits per heavy atom. The molecular formula is C11H12O2. The molecule has 0 saturated carbocycles. The minimum absolute atomic E-state index is 0.141. The molecule has 1 N–H and O–H groups in total. The van der Waals surface area contributed by atoms with Crippen molar-refractivity contribution in [2.75, 3.05) is 0 Å². The molecule has 0 amide bonds. The third-order valence-corrected chi connectivity index (χ3v) is 1.91. The summed E-state index contributed by atoms with van der Waals surface area (Å²) in [5.41, 5.74) is 0.910. The molecule has 1 aromatic carbocycles. The molecular weight excluding hydrogens is 164 g/mol. The molecule has 1 atom stereocenters. The van der Waals surface area contributed by atoms with Gasteiger partial charge in [0.05, 0.1) is 0 Å². The lowest BCUT2D eigenvalue weighted by Crippen LogP contribution is -1.97. The summed E-state index contributed by atoms with van der Waals surface area (Å²) < 4.78 is 0. The molecule has 2 heteroatoms. The first-order valence-electron chi connectivity index (χ1n) is 4.13. The van der Waals surface area contributed by atoms with Gasteiger partial charge in [-0.1, -0.05) is 18.2 Å². The van der Waals surface area contributed by atoms with E-state index in [1.807, 2.05) is 0 Å². The first-order chi connectivity index (χ1) is 6.27. The summed E-state index contributed by atoms with van der Waals surface area (Å²) >= 11 is 0. The van der Waals surface area contributed by atoms with Gasteiger partial charge in [-0.3, -0.25) is 0 Å². The Bertz CT molecular complexity index is 287. The molecule has 0 aromatic heterocycles. The lowest BCUT2D eigenvalue weighted by molar-refractivity contribution is -0.109. The number of carbonyl (C=O) groups is 1. The average Bonchev–Trinajstić information content (AvgIpc) is 2.16. The van der Waals surface area contributed by atoms with Gasteiger partial charge < -0.3 is 9.90 Å². The van der Waals surface area contributed by atoms with Gasteiger partial charge in [0, 0.05) is 5.92 Å². The number of rotatable bonds is 4. The summed E-state index contributed by atoms with van der Waals surface area (Å²) in [6.45, 7) is 3.58. The topological polar surface area (TPSA) is 37.3 Å². The van der Waals surface area contributed by atoms with Crippen molar-refractivity contribution in [1.82, 2.24) is 0 Å². The van der Waals surface area contributed by atoms with Crippen molar-refractivity contribution in [1.29, 1.82) is 0 Å². The summed E-state index contributed by atoms with van der Waals surface area (Å²) in [7, 11) is 0. The number of phenols is 1. The van der Waals surface area contributed by atoms with Crippen LogP contribution in [0.5, 0.6) is 5.75 Å². The van der Waals surface area contributed by atoms with Crippen molar-refractivity contribution in [3.8, 4) is 5.75 Å². The highest BCUT2D eigenvalue weighted by Gasteiger charge is 2.07. The van der Waals surface area contributed by atoms with Gasteiger partial charge in [-0.15, -0.1) is 6.58 Å². The molecule has 0 aliphatic heterocycles. The van der Waals surface area contributed by atoms with Gasteiger partial charge in [-0.2, -0.15) is 0 Å². The van der Waals surface area contributed by atoms with Crippen LogP contribution in [0.4, 0.5) is 0 Å². The zero-order chi connectivity index (χ0) is 9.68. The Morgan fingerprint density at radius 3 is 2.46 bits per heavy atom. The van der Waals surface area contributed by atoms with Crippen LogP contribution >= 0.6 is 0 Å². The van der Waals surface area contributed by atoms with E-state index >= 15 is 0 Å². The smallest absolute Gasteiger partial charge is 0.127 e. The number of hydrogen-bond donors (Lipinski definition) is 1. The first-order valence-corrected chi connectivity index (χ1v) is 4.13. The van der Waals surface area contributed by atoms with Crippen LogP contribution in [0.3, 0.4) is 0 Å². The first kappa shape index (κ1) is 9.52. The zero-order valence-electron chi connectivity index (χ0n) is 7.31. The number of benzene rings is 1. The molecule has 13 heavy (non-hydrogen) atoms. The fraction of sp³-hybridized carbons (Fsp3) is 0.182. The minimum atomic E-state index is -0.141. The van der Waals surface area contributed by atoms with Crippen LogP contribution in [0.2, 0.25) is 0 Å².